The monoisotopic (exact) mass is 221 g/mol. The van der Waals surface area contributed by atoms with Crippen LogP contribution in [-0.2, 0) is 5.54 Å². The fourth-order valence-corrected chi connectivity index (χ4v) is 2.51. The molecule has 0 radical (unpaired) electrons. The fraction of sp³-hybridized carbons (Fsp3) is 0.538. The smallest absolute Gasteiger partial charge is 0.162 e. The molecule has 0 heterocycles. The van der Waals surface area contributed by atoms with Crippen LogP contribution in [0.4, 0.5) is 0 Å². The number of benzene rings is 1. The molecule has 1 aliphatic rings. The Balaban J connectivity index is 2.36. The Hall–Kier alpha value is -1.22. The van der Waals surface area contributed by atoms with Gasteiger partial charge in [0, 0.05) is 11.1 Å². The maximum absolute atomic E-state index is 10.1. The summed E-state index contributed by atoms with van der Waals surface area (Å²) in [5.74, 6) is 1.67. The van der Waals surface area contributed by atoms with Gasteiger partial charge in [-0.2, -0.15) is 0 Å². The van der Waals surface area contributed by atoms with Gasteiger partial charge in [-0.05, 0) is 24.3 Å². The van der Waals surface area contributed by atoms with Gasteiger partial charge in [-0.1, -0.05) is 26.0 Å². The van der Waals surface area contributed by atoms with Gasteiger partial charge in [0.15, 0.2) is 11.5 Å². The first-order valence-electron chi connectivity index (χ1n) is 5.66. The van der Waals surface area contributed by atoms with Crippen LogP contribution in [0, 0.1) is 11.8 Å². The molecule has 16 heavy (non-hydrogen) atoms. The van der Waals surface area contributed by atoms with E-state index in [9.17, 15) is 5.11 Å². The minimum atomic E-state index is -0.368. The average molecular weight is 221 g/mol. The second-order valence-corrected chi connectivity index (χ2v) is 4.95. The first-order chi connectivity index (χ1) is 7.50. The quantitative estimate of drug-likeness (QED) is 0.823. The molecule has 0 spiro atoms. The van der Waals surface area contributed by atoms with Crippen molar-refractivity contribution in [1.82, 2.24) is 0 Å². The minimum absolute atomic E-state index is 0.190. The summed E-state index contributed by atoms with van der Waals surface area (Å²) in [6.07, 6.45) is 0.936. The average Bonchev–Trinajstić information content (AvgIpc) is 2.92. The number of rotatable bonds is 3. The molecule has 1 fully saturated rings. The zero-order chi connectivity index (χ0) is 11.9. The molecule has 0 saturated heterocycles. The van der Waals surface area contributed by atoms with Crippen LogP contribution >= 0.6 is 0 Å². The standard InChI is InChI=1S/C13H19NO2/c1-8(2)10-7-13(10,14)9-5-4-6-11(16-3)12(9)15/h4-6,8,10,15H,7,14H2,1-3H3. The van der Waals surface area contributed by atoms with Crippen molar-refractivity contribution in [2.75, 3.05) is 7.11 Å². The molecule has 2 atom stereocenters. The Labute approximate surface area is 96.2 Å². The molecule has 0 aliphatic heterocycles. The number of phenolic OH excluding ortho intramolecular Hbond substituents is 1. The van der Waals surface area contributed by atoms with E-state index < -0.39 is 0 Å². The largest absolute Gasteiger partial charge is 0.504 e. The maximum atomic E-state index is 10.1. The van der Waals surface area contributed by atoms with Gasteiger partial charge >= 0.3 is 0 Å². The predicted octanol–water partition coefficient (Wildman–Crippen LogP) is 2.23. The lowest BCUT2D eigenvalue weighted by atomic mass is 9.97. The summed E-state index contributed by atoms with van der Waals surface area (Å²) in [6.45, 7) is 4.33. The minimum Gasteiger partial charge on any atom is -0.504 e. The molecule has 0 amide bonds. The number of hydrogen-bond acceptors (Lipinski definition) is 3. The number of methoxy groups -OCH3 is 1. The molecule has 3 heteroatoms. The van der Waals surface area contributed by atoms with E-state index in [1.54, 1.807) is 13.2 Å². The molecular formula is C13H19NO2. The van der Waals surface area contributed by atoms with Crippen molar-refractivity contribution in [3.05, 3.63) is 23.8 Å². The Bertz CT molecular complexity index is 403. The lowest BCUT2D eigenvalue weighted by Gasteiger charge is -2.17. The van der Waals surface area contributed by atoms with Crippen LogP contribution in [0.5, 0.6) is 11.5 Å². The van der Waals surface area contributed by atoms with Gasteiger partial charge in [-0.25, -0.2) is 0 Å². The number of phenols is 1. The Morgan fingerprint density at radius 3 is 2.69 bits per heavy atom. The third-order valence-electron chi connectivity index (χ3n) is 3.58. The van der Waals surface area contributed by atoms with E-state index in [4.69, 9.17) is 10.5 Å². The van der Waals surface area contributed by atoms with Crippen LogP contribution in [0.2, 0.25) is 0 Å². The van der Waals surface area contributed by atoms with Crippen molar-refractivity contribution in [2.24, 2.45) is 17.6 Å². The fourth-order valence-electron chi connectivity index (χ4n) is 2.51. The summed E-state index contributed by atoms with van der Waals surface area (Å²) < 4.78 is 5.10. The first-order valence-corrected chi connectivity index (χ1v) is 5.66. The topological polar surface area (TPSA) is 55.5 Å². The van der Waals surface area contributed by atoms with Gasteiger partial charge in [0.25, 0.3) is 0 Å². The van der Waals surface area contributed by atoms with Crippen LogP contribution in [0.15, 0.2) is 18.2 Å². The molecule has 0 aromatic heterocycles. The lowest BCUT2D eigenvalue weighted by Crippen LogP contribution is -2.24. The second kappa shape index (κ2) is 3.67. The molecule has 88 valence electrons. The van der Waals surface area contributed by atoms with E-state index in [0.29, 0.717) is 17.6 Å². The highest BCUT2D eigenvalue weighted by molar-refractivity contribution is 5.51. The zero-order valence-corrected chi connectivity index (χ0v) is 10.0. The molecule has 0 bridgehead atoms. The molecule has 3 N–H and O–H groups in total. The highest BCUT2D eigenvalue weighted by Crippen LogP contribution is 2.56. The summed E-state index contributed by atoms with van der Waals surface area (Å²) >= 11 is 0. The summed E-state index contributed by atoms with van der Waals surface area (Å²) in [4.78, 5) is 0. The van der Waals surface area contributed by atoms with Crippen molar-refractivity contribution < 1.29 is 9.84 Å². The maximum Gasteiger partial charge on any atom is 0.162 e. The molecule has 2 unspecified atom stereocenters. The van der Waals surface area contributed by atoms with Crippen molar-refractivity contribution in [1.29, 1.82) is 0 Å². The summed E-state index contributed by atoms with van der Waals surface area (Å²) in [7, 11) is 1.55. The molecule has 1 aliphatic carbocycles. The number of hydrogen-bond donors (Lipinski definition) is 2. The Morgan fingerprint density at radius 1 is 1.50 bits per heavy atom. The molecule has 1 aromatic rings. The highest BCUT2D eigenvalue weighted by atomic mass is 16.5. The van der Waals surface area contributed by atoms with E-state index >= 15 is 0 Å². The van der Waals surface area contributed by atoms with E-state index in [1.807, 2.05) is 12.1 Å². The first kappa shape index (κ1) is 11.3. The van der Waals surface area contributed by atoms with Gasteiger partial charge in [-0.3, -0.25) is 0 Å². The van der Waals surface area contributed by atoms with Crippen molar-refractivity contribution in [3.8, 4) is 11.5 Å². The van der Waals surface area contributed by atoms with Crippen LogP contribution in [0.1, 0.15) is 25.8 Å². The number of para-hydroxylation sites is 1. The summed E-state index contributed by atoms with van der Waals surface area (Å²) in [5.41, 5.74) is 6.76. The van der Waals surface area contributed by atoms with Crippen molar-refractivity contribution >= 4 is 0 Å². The second-order valence-electron chi connectivity index (χ2n) is 4.95. The van der Waals surface area contributed by atoms with E-state index in [-0.39, 0.29) is 11.3 Å². The summed E-state index contributed by atoms with van der Waals surface area (Å²) in [5, 5.41) is 10.1. The van der Waals surface area contributed by atoms with Gasteiger partial charge in [0.1, 0.15) is 0 Å². The van der Waals surface area contributed by atoms with Crippen LogP contribution in [0.25, 0.3) is 0 Å². The third-order valence-corrected chi connectivity index (χ3v) is 3.58. The van der Waals surface area contributed by atoms with E-state index in [0.717, 1.165) is 12.0 Å². The molecule has 1 aromatic carbocycles. The van der Waals surface area contributed by atoms with Gasteiger partial charge in [0.2, 0.25) is 0 Å². The molecular weight excluding hydrogens is 202 g/mol. The summed E-state index contributed by atoms with van der Waals surface area (Å²) in [6, 6.07) is 5.51. The van der Waals surface area contributed by atoms with Crippen LogP contribution < -0.4 is 10.5 Å². The SMILES string of the molecule is COc1cccc(C2(N)CC2C(C)C)c1O. The molecule has 3 nitrogen and oxygen atoms in total. The van der Waals surface area contributed by atoms with Crippen LogP contribution in [0.3, 0.4) is 0 Å². The predicted molar refractivity (Wildman–Crippen MR) is 63.5 cm³/mol. The lowest BCUT2D eigenvalue weighted by molar-refractivity contribution is 0.364. The highest BCUT2D eigenvalue weighted by Gasteiger charge is 2.54. The Morgan fingerprint density at radius 2 is 2.19 bits per heavy atom. The normalized spacial score (nSPS) is 28.2. The molecule has 1 saturated carbocycles. The van der Waals surface area contributed by atoms with E-state index in [2.05, 4.69) is 13.8 Å². The van der Waals surface area contributed by atoms with Crippen molar-refractivity contribution in [3.63, 3.8) is 0 Å². The number of nitrogens with two attached hydrogens (primary N) is 1. The Kier molecular flexibility index (Phi) is 2.58. The molecule has 2 rings (SSSR count). The van der Waals surface area contributed by atoms with Crippen LogP contribution in [-0.4, -0.2) is 12.2 Å². The van der Waals surface area contributed by atoms with Gasteiger partial charge < -0.3 is 15.6 Å². The zero-order valence-electron chi connectivity index (χ0n) is 10.0. The van der Waals surface area contributed by atoms with E-state index in [1.165, 1.54) is 0 Å². The van der Waals surface area contributed by atoms with Gasteiger partial charge in [-0.15, -0.1) is 0 Å². The third kappa shape index (κ3) is 1.55. The number of aromatic hydroxyl groups is 1. The van der Waals surface area contributed by atoms with Gasteiger partial charge in [0.05, 0.1) is 7.11 Å². The number of ether oxygens (including phenoxy) is 1. The van der Waals surface area contributed by atoms with Crippen molar-refractivity contribution in [2.45, 2.75) is 25.8 Å².